The zero-order valence-electron chi connectivity index (χ0n) is 17.7. The normalized spacial score (nSPS) is 12.1. The average Bonchev–Trinajstić information content (AvgIpc) is 3.26. The Kier molecular flexibility index (Phi) is 6.12. The molecule has 4 aromatic rings. The van der Waals surface area contributed by atoms with Crippen molar-refractivity contribution in [2.45, 2.75) is 32.0 Å². The SMILES string of the molecule is CC(C)(c1ccccc1)c1ccc(OCc2nnc(-c3ncc(C(F)(F)F)cc3Cl)o2)cc1. The molecule has 170 valence electrons. The van der Waals surface area contributed by atoms with Gasteiger partial charge in [-0.3, -0.25) is 0 Å². The van der Waals surface area contributed by atoms with Crippen LogP contribution in [0.2, 0.25) is 5.02 Å². The standard InChI is InChI=1S/C24H19ClF3N3O2/c1-23(2,15-6-4-3-5-7-15)16-8-10-18(11-9-16)32-14-20-30-31-22(33-20)21-19(25)12-17(13-29-21)24(26,27)28/h3-13H,14H2,1-2H3. The minimum absolute atomic E-state index is 0.0212. The minimum Gasteiger partial charge on any atom is -0.484 e. The zero-order valence-corrected chi connectivity index (χ0v) is 18.5. The Morgan fingerprint density at radius 3 is 2.21 bits per heavy atom. The highest BCUT2D eigenvalue weighted by atomic mass is 35.5. The second-order valence-corrected chi connectivity index (χ2v) is 8.26. The first-order valence-electron chi connectivity index (χ1n) is 9.99. The molecule has 0 aliphatic rings. The molecule has 0 saturated heterocycles. The van der Waals surface area contributed by atoms with Gasteiger partial charge in [0.05, 0.1) is 10.6 Å². The summed E-state index contributed by atoms with van der Waals surface area (Å²) in [4.78, 5) is 3.72. The van der Waals surface area contributed by atoms with Gasteiger partial charge in [0.1, 0.15) is 11.4 Å². The molecule has 0 bridgehead atoms. The number of alkyl halides is 3. The summed E-state index contributed by atoms with van der Waals surface area (Å²) in [5.41, 5.74) is 1.17. The number of nitrogens with zero attached hydrogens (tertiary/aromatic N) is 3. The summed E-state index contributed by atoms with van der Waals surface area (Å²) in [7, 11) is 0. The molecule has 0 aliphatic carbocycles. The number of hydrogen-bond acceptors (Lipinski definition) is 5. The smallest absolute Gasteiger partial charge is 0.417 e. The Hall–Kier alpha value is -3.39. The average molecular weight is 474 g/mol. The maximum atomic E-state index is 12.8. The first kappa shape index (κ1) is 22.8. The van der Waals surface area contributed by atoms with E-state index in [1.54, 1.807) is 0 Å². The van der Waals surface area contributed by atoms with Crippen LogP contribution >= 0.6 is 11.6 Å². The number of hydrogen-bond donors (Lipinski definition) is 0. The van der Waals surface area contributed by atoms with Gasteiger partial charge < -0.3 is 9.15 Å². The van der Waals surface area contributed by atoms with Gasteiger partial charge in [0.2, 0.25) is 0 Å². The molecule has 0 saturated carbocycles. The van der Waals surface area contributed by atoms with E-state index in [0.29, 0.717) is 11.9 Å². The molecule has 2 aromatic carbocycles. The van der Waals surface area contributed by atoms with Crippen LogP contribution in [0.25, 0.3) is 11.6 Å². The lowest BCUT2D eigenvalue weighted by Crippen LogP contribution is -2.18. The van der Waals surface area contributed by atoms with Crippen LogP contribution in [-0.4, -0.2) is 15.2 Å². The third-order valence-corrected chi connectivity index (χ3v) is 5.56. The monoisotopic (exact) mass is 473 g/mol. The summed E-state index contributed by atoms with van der Waals surface area (Å²) >= 11 is 5.93. The Labute approximate surface area is 193 Å². The lowest BCUT2D eigenvalue weighted by atomic mass is 9.78. The van der Waals surface area contributed by atoms with E-state index < -0.39 is 11.7 Å². The maximum absolute atomic E-state index is 12.8. The van der Waals surface area contributed by atoms with Crippen molar-refractivity contribution in [3.8, 4) is 17.3 Å². The van der Waals surface area contributed by atoms with E-state index in [2.05, 4.69) is 41.2 Å². The second kappa shape index (κ2) is 8.86. The highest BCUT2D eigenvalue weighted by molar-refractivity contribution is 6.32. The summed E-state index contributed by atoms with van der Waals surface area (Å²) in [6, 6.07) is 18.7. The van der Waals surface area contributed by atoms with Crippen LogP contribution in [0.4, 0.5) is 13.2 Å². The van der Waals surface area contributed by atoms with Gasteiger partial charge in [-0.1, -0.05) is 67.9 Å². The molecule has 0 unspecified atom stereocenters. The molecule has 5 nitrogen and oxygen atoms in total. The number of pyridine rings is 1. The third-order valence-electron chi connectivity index (χ3n) is 5.27. The van der Waals surface area contributed by atoms with Crippen molar-refractivity contribution in [2.24, 2.45) is 0 Å². The Morgan fingerprint density at radius 1 is 0.909 bits per heavy atom. The van der Waals surface area contributed by atoms with Gasteiger partial charge >= 0.3 is 6.18 Å². The predicted octanol–water partition coefficient (Wildman–Crippen LogP) is 6.71. The van der Waals surface area contributed by atoms with E-state index in [4.69, 9.17) is 20.8 Å². The number of benzene rings is 2. The minimum atomic E-state index is -4.55. The zero-order chi connectivity index (χ0) is 23.6. The van der Waals surface area contributed by atoms with Crippen LogP contribution in [-0.2, 0) is 18.2 Å². The third kappa shape index (κ3) is 5.01. The van der Waals surface area contributed by atoms with E-state index in [0.717, 1.165) is 11.6 Å². The molecule has 0 spiro atoms. The van der Waals surface area contributed by atoms with Crippen LogP contribution in [0.3, 0.4) is 0 Å². The van der Waals surface area contributed by atoms with Gasteiger partial charge in [-0.2, -0.15) is 13.2 Å². The highest BCUT2D eigenvalue weighted by Crippen LogP contribution is 2.34. The Balaban J connectivity index is 1.43. The van der Waals surface area contributed by atoms with E-state index in [9.17, 15) is 13.2 Å². The van der Waals surface area contributed by atoms with E-state index in [1.807, 2.05) is 42.5 Å². The quantitative estimate of drug-likeness (QED) is 0.311. The molecule has 0 amide bonds. The van der Waals surface area contributed by atoms with Crippen LogP contribution in [0.1, 0.15) is 36.4 Å². The van der Waals surface area contributed by atoms with Gasteiger partial charge in [0.15, 0.2) is 6.61 Å². The van der Waals surface area contributed by atoms with Gasteiger partial charge in [0, 0.05) is 11.6 Å². The first-order chi connectivity index (χ1) is 15.6. The summed E-state index contributed by atoms with van der Waals surface area (Å²) in [6.07, 6.45) is -3.88. The lowest BCUT2D eigenvalue weighted by Gasteiger charge is -2.26. The number of halogens is 4. The number of ether oxygens (including phenoxy) is 1. The van der Waals surface area contributed by atoms with Crippen molar-refractivity contribution >= 4 is 11.6 Å². The van der Waals surface area contributed by atoms with Crippen LogP contribution in [0.5, 0.6) is 5.75 Å². The Bertz CT molecular complexity index is 1240. The molecule has 0 atom stereocenters. The topological polar surface area (TPSA) is 61.0 Å². The lowest BCUT2D eigenvalue weighted by molar-refractivity contribution is -0.137. The molecule has 2 heterocycles. The van der Waals surface area contributed by atoms with Crippen molar-refractivity contribution in [2.75, 3.05) is 0 Å². The largest absolute Gasteiger partial charge is 0.484 e. The fraction of sp³-hybridized carbons (Fsp3) is 0.208. The molecule has 0 radical (unpaired) electrons. The van der Waals surface area contributed by atoms with E-state index in [1.165, 1.54) is 5.56 Å². The van der Waals surface area contributed by atoms with E-state index in [-0.39, 0.29) is 34.5 Å². The van der Waals surface area contributed by atoms with Crippen molar-refractivity contribution in [1.82, 2.24) is 15.2 Å². The summed E-state index contributed by atoms with van der Waals surface area (Å²) in [6.45, 7) is 4.28. The second-order valence-electron chi connectivity index (χ2n) is 7.86. The van der Waals surface area contributed by atoms with Crippen molar-refractivity contribution in [3.05, 3.63) is 94.5 Å². The van der Waals surface area contributed by atoms with Crippen molar-refractivity contribution < 1.29 is 22.3 Å². The summed E-state index contributed by atoms with van der Waals surface area (Å²) in [5, 5.41) is 7.42. The van der Waals surface area contributed by atoms with Gasteiger partial charge in [0.25, 0.3) is 11.8 Å². The molecule has 9 heteroatoms. The van der Waals surface area contributed by atoms with E-state index >= 15 is 0 Å². The van der Waals surface area contributed by atoms with Crippen molar-refractivity contribution in [3.63, 3.8) is 0 Å². The molecule has 0 N–H and O–H groups in total. The molecule has 0 fully saturated rings. The molecular weight excluding hydrogens is 455 g/mol. The predicted molar refractivity (Wildman–Crippen MR) is 117 cm³/mol. The fourth-order valence-corrected chi connectivity index (χ4v) is 3.54. The summed E-state index contributed by atoms with van der Waals surface area (Å²) < 4.78 is 49.5. The van der Waals surface area contributed by atoms with Gasteiger partial charge in [-0.25, -0.2) is 4.98 Å². The van der Waals surface area contributed by atoms with Crippen LogP contribution in [0, 0.1) is 0 Å². The van der Waals surface area contributed by atoms with Gasteiger partial charge in [-0.15, -0.1) is 10.2 Å². The number of aromatic nitrogens is 3. The fourth-order valence-electron chi connectivity index (χ4n) is 3.29. The molecule has 33 heavy (non-hydrogen) atoms. The van der Waals surface area contributed by atoms with Crippen LogP contribution < -0.4 is 4.74 Å². The van der Waals surface area contributed by atoms with Gasteiger partial charge in [-0.05, 0) is 29.3 Å². The van der Waals surface area contributed by atoms with Crippen LogP contribution in [0.15, 0.2) is 71.3 Å². The summed E-state index contributed by atoms with van der Waals surface area (Å²) in [5.74, 6) is 0.650. The molecule has 0 aliphatic heterocycles. The van der Waals surface area contributed by atoms with Crippen molar-refractivity contribution in [1.29, 1.82) is 0 Å². The maximum Gasteiger partial charge on any atom is 0.417 e. The first-order valence-corrected chi connectivity index (χ1v) is 10.4. The molecular formula is C24H19ClF3N3O2. The number of rotatable bonds is 6. The Morgan fingerprint density at radius 2 is 1.58 bits per heavy atom. The highest BCUT2D eigenvalue weighted by Gasteiger charge is 2.32. The molecule has 2 aromatic heterocycles. The molecule has 4 rings (SSSR count).